The first-order chi connectivity index (χ1) is 19.6. The fraction of sp³-hybridized carbons (Fsp3) is 0.611. The Bertz CT molecular complexity index is 974. The molecule has 220 valence electrons. The minimum absolute atomic E-state index is 0.00776. The molecule has 0 spiro atoms. The van der Waals surface area contributed by atoms with Crippen LogP contribution in [0.5, 0.6) is 5.75 Å². The van der Waals surface area contributed by atoms with Crippen LogP contribution in [0.2, 0.25) is 0 Å². The average Bonchev–Trinajstić information content (AvgIpc) is 2.99. The topological polar surface area (TPSA) is 46.6 Å². The maximum Gasteiger partial charge on any atom is 0.314 e. The van der Waals surface area contributed by atoms with Crippen molar-refractivity contribution in [2.24, 2.45) is 5.92 Å². The fourth-order valence-corrected chi connectivity index (χ4v) is 5.66. The lowest BCUT2D eigenvalue weighted by atomic mass is 9.96. The molecule has 0 N–H and O–H groups in total. The van der Waals surface area contributed by atoms with E-state index in [0.29, 0.717) is 12.2 Å². The molecule has 0 bridgehead atoms. The molecule has 1 saturated heterocycles. The Labute approximate surface area is 243 Å². The molecular formula is C36H53NO3. The van der Waals surface area contributed by atoms with Crippen LogP contribution in [0.15, 0.2) is 48.5 Å². The van der Waals surface area contributed by atoms with Gasteiger partial charge in [-0.25, -0.2) is 0 Å². The van der Waals surface area contributed by atoms with E-state index in [1.807, 2.05) is 48.5 Å². The maximum atomic E-state index is 12.8. The zero-order valence-electron chi connectivity index (χ0n) is 25.3. The van der Waals surface area contributed by atoms with Crippen LogP contribution < -0.4 is 4.74 Å². The van der Waals surface area contributed by atoms with Crippen LogP contribution in [0.25, 0.3) is 11.1 Å². The van der Waals surface area contributed by atoms with E-state index in [2.05, 4.69) is 18.7 Å². The molecule has 0 unspecified atom stereocenters. The summed E-state index contributed by atoms with van der Waals surface area (Å²) in [6, 6.07) is 15.6. The number of likely N-dealkylation sites (tertiary alicyclic amines) is 1. The number of rotatable bonds is 19. The minimum atomic E-state index is -0.101. The molecule has 0 amide bonds. The van der Waals surface area contributed by atoms with Gasteiger partial charge in [0.2, 0.25) is 0 Å². The first kappa shape index (κ1) is 32.1. The second-order valence-electron chi connectivity index (χ2n) is 11.7. The Kier molecular flexibility index (Phi) is 15.1. The van der Waals surface area contributed by atoms with Gasteiger partial charge in [0, 0.05) is 12.0 Å². The van der Waals surface area contributed by atoms with Gasteiger partial charge < -0.3 is 9.64 Å². The number of unbranched alkanes of at least 4 members (excludes halogenated alkanes) is 11. The first-order valence-electron chi connectivity index (χ1n) is 16.3. The lowest BCUT2D eigenvalue weighted by Gasteiger charge is -2.30. The normalized spacial score (nSPS) is 14.3. The van der Waals surface area contributed by atoms with E-state index < -0.39 is 0 Å². The highest BCUT2D eigenvalue weighted by Crippen LogP contribution is 2.25. The highest BCUT2D eigenvalue weighted by Gasteiger charge is 2.26. The lowest BCUT2D eigenvalue weighted by molar-refractivity contribution is -0.140. The van der Waals surface area contributed by atoms with Gasteiger partial charge in [-0.3, -0.25) is 9.59 Å². The molecule has 0 aromatic heterocycles. The largest absolute Gasteiger partial charge is 0.426 e. The van der Waals surface area contributed by atoms with E-state index in [1.54, 1.807) is 0 Å². The van der Waals surface area contributed by atoms with Gasteiger partial charge in [-0.1, -0.05) is 121 Å². The van der Waals surface area contributed by atoms with Gasteiger partial charge in [0.1, 0.15) is 5.75 Å². The predicted octanol–water partition coefficient (Wildman–Crippen LogP) is 9.65. The van der Waals surface area contributed by atoms with E-state index in [0.717, 1.165) is 62.0 Å². The van der Waals surface area contributed by atoms with Crippen molar-refractivity contribution in [1.82, 2.24) is 4.90 Å². The molecule has 2 aromatic carbocycles. The van der Waals surface area contributed by atoms with Crippen LogP contribution in [0.3, 0.4) is 0 Å². The van der Waals surface area contributed by atoms with Gasteiger partial charge in [-0.2, -0.15) is 0 Å². The van der Waals surface area contributed by atoms with E-state index >= 15 is 0 Å². The number of benzene rings is 2. The average molecular weight is 548 g/mol. The zero-order valence-corrected chi connectivity index (χ0v) is 25.3. The standard InChI is InChI=1S/C36H53NO3/c1-3-5-7-9-11-12-14-16-35(38)32-19-17-30(18-20-32)31-21-23-34(24-22-31)40-36(39)33-25-28-37(29-26-33)27-15-13-10-8-6-4-2/h17-24,33H,3-16,25-29H2,1-2H3. The van der Waals surface area contributed by atoms with Crippen LogP contribution in [-0.2, 0) is 4.79 Å². The van der Waals surface area contributed by atoms with Crippen molar-refractivity contribution in [3.8, 4) is 16.9 Å². The van der Waals surface area contributed by atoms with Gasteiger partial charge in [0.15, 0.2) is 5.78 Å². The van der Waals surface area contributed by atoms with Crippen molar-refractivity contribution >= 4 is 11.8 Å². The lowest BCUT2D eigenvalue weighted by Crippen LogP contribution is -2.38. The van der Waals surface area contributed by atoms with Crippen molar-refractivity contribution < 1.29 is 14.3 Å². The van der Waals surface area contributed by atoms with E-state index in [1.165, 1.54) is 70.6 Å². The van der Waals surface area contributed by atoms with E-state index in [-0.39, 0.29) is 17.7 Å². The van der Waals surface area contributed by atoms with Crippen LogP contribution in [0.1, 0.15) is 127 Å². The molecule has 40 heavy (non-hydrogen) atoms. The molecule has 0 aliphatic carbocycles. The number of piperidine rings is 1. The van der Waals surface area contributed by atoms with Crippen molar-refractivity contribution in [3.05, 3.63) is 54.1 Å². The molecule has 2 aromatic rings. The minimum Gasteiger partial charge on any atom is -0.426 e. The zero-order chi connectivity index (χ0) is 28.4. The number of hydrogen-bond acceptors (Lipinski definition) is 4. The molecule has 3 rings (SSSR count). The molecule has 1 aliphatic rings. The van der Waals surface area contributed by atoms with Crippen molar-refractivity contribution in [1.29, 1.82) is 0 Å². The molecule has 4 nitrogen and oxygen atoms in total. The number of ether oxygens (including phenoxy) is 1. The van der Waals surface area contributed by atoms with Gasteiger partial charge in [-0.05, 0) is 68.6 Å². The summed E-state index contributed by atoms with van der Waals surface area (Å²) in [6.07, 6.45) is 18.9. The Morgan fingerprint density at radius 2 is 1.18 bits per heavy atom. The Morgan fingerprint density at radius 3 is 1.75 bits per heavy atom. The highest BCUT2D eigenvalue weighted by atomic mass is 16.5. The molecule has 1 heterocycles. The van der Waals surface area contributed by atoms with Gasteiger partial charge >= 0.3 is 5.97 Å². The molecule has 4 heteroatoms. The van der Waals surface area contributed by atoms with Gasteiger partial charge in [-0.15, -0.1) is 0 Å². The fourth-order valence-electron chi connectivity index (χ4n) is 5.66. The summed E-state index contributed by atoms with van der Waals surface area (Å²) in [5.74, 6) is 0.725. The Morgan fingerprint density at radius 1 is 0.675 bits per heavy atom. The van der Waals surface area contributed by atoms with E-state index in [4.69, 9.17) is 4.74 Å². The van der Waals surface area contributed by atoms with Crippen LogP contribution in [0, 0.1) is 5.92 Å². The number of nitrogens with zero attached hydrogens (tertiary/aromatic N) is 1. The van der Waals surface area contributed by atoms with Gasteiger partial charge in [0.25, 0.3) is 0 Å². The second kappa shape index (κ2) is 18.8. The van der Waals surface area contributed by atoms with Crippen LogP contribution >= 0.6 is 0 Å². The number of ketones is 1. The summed E-state index contributed by atoms with van der Waals surface area (Å²) in [5.41, 5.74) is 2.90. The maximum absolute atomic E-state index is 12.8. The quantitative estimate of drug-likeness (QED) is 0.0760. The SMILES string of the molecule is CCCCCCCCCC(=O)c1ccc(-c2ccc(OC(=O)C3CCN(CCCCCCCC)CC3)cc2)cc1. The third-order valence-electron chi connectivity index (χ3n) is 8.37. The van der Waals surface area contributed by atoms with Crippen LogP contribution in [0.4, 0.5) is 0 Å². The summed E-state index contributed by atoms with van der Waals surface area (Å²) in [6.45, 7) is 7.63. The Balaban J connectivity index is 1.36. The van der Waals surface area contributed by atoms with Crippen molar-refractivity contribution in [2.75, 3.05) is 19.6 Å². The van der Waals surface area contributed by atoms with Gasteiger partial charge in [0.05, 0.1) is 5.92 Å². The summed E-state index contributed by atoms with van der Waals surface area (Å²) in [7, 11) is 0. The molecular weight excluding hydrogens is 494 g/mol. The first-order valence-corrected chi connectivity index (χ1v) is 16.3. The summed E-state index contributed by atoms with van der Waals surface area (Å²) >= 11 is 0. The van der Waals surface area contributed by atoms with Crippen molar-refractivity contribution in [2.45, 2.75) is 117 Å². The second-order valence-corrected chi connectivity index (χ2v) is 11.7. The highest BCUT2D eigenvalue weighted by molar-refractivity contribution is 5.96. The number of carbonyl (C=O) groups is 2. The smallest absolute Gasteiger partial charge is 0.314 e. The van der Waals surface area contributed by atoms with Crippen molar-refractivity contribution in [3.63, 3.8) is 0 Å². The number of carbonyl (C=O) groups excluding carboxylic acids is 2. The monoisotopic (exact) mass is 547 g/mol. The van der Waals surface area contributed by atoms with E-state index in [9.17, 15) is 9.59 Å². The molecule has 0 radical (unpaired) electrons. The molecule has 0 atom stereocenters. The third kappa shape index (κ3) is 11.6. The number of esters is 1. The van der Waals surface area contributed by atoms with Crippen LogP contribution in [-0.4, -0.2) is 36.3 Å². The predicted molar refractivity (Wildman–Crippen MR) is 167 cm³/mol. The Hall–Kier alpha value is -2.46. The third-order valence-corrected chi connectivity index (χ3v) is 8.37. The summed E-state index contributed by atoms with van der Waals surface area (Å²) in [5, 5.41) is 0. The number of hydrogen-bond donors (Lipinski definition) is 0. The molecule has 1 aliphatic heterocycles. The summed E-state index contributed by atoms with van der Waals surface area (Å²) in [4.78, 5) is 27.8. The molecule has 1 fully saturated rings. The molecule has 0 saturated carbocycles. The number of Topliss-reactive ketones (excluding diaryl/α,β-unsaturated/α-hetero) is 1. The summed E-state index contributed by atoms with van der Waals surface area (Å²) < 4.78 is 5.74.